The Labute approximate surface area is 114 Å². The molecular weight excluding hydrogens is 248 g/mol. The van der Waals surface area contributed by atoms with E-state index in [1.165, 1.54) is 14.0 Å². The van der Waals surface area contributed by atoms with Crippen molar-refractivity contribution in [2.75, 3.05) is 26.7 Å². The van der Waals surface area contributed by atoms with Gasteiger partial charge in [-0.3, -0.25) is 14.4 Å². The van der Waals surface area contributed by atoms with Gasteiger partial charge in [-0.2, -0.15) is 0 Å². The average molecular weight is 272 g/mol. The van der Waals surface area contributed by atoms with E-state index >= 15 is 0 Å². The Kier molecular flexibility index (Phi) is 8.57. The molecule has 0 aliphatic rings. The van der Waals surface area contributed by atoms with Crippen LogP contribution >= 0.6 is 0 Å². The zero-order valence-electron chi connectivity index (χ0n) is 12.2. The fourth-order valence-electron chi connectivity index (χ4n) is 1.53. The zero-order valence-corrected chi connectivity index (χ0v) is 12.2. The average Bonchev–Trinajstić information content (AvgIpc) is 2.31. The van der Waals surface area contributed by atoms with E-state index in [1.54, 1.807) is 4.90 Å². The first-order valence-corrected chi connectivity index (χ1v) is 6.45. The minimum absolute atomic E-state index is 0.00995. The van der Waals surface area contributed by atoms with Crippen molar-refractivity contribution in [3.63, 3.8) is 0 Å². The van der Waals surface area contributed by atoms with Crippen LogP contribution in [0.15, 0.2) is 0 Å². The Balaban J connectivity index is 4.32. The molecule has 0 heterocycles. The quantitative estimate of drug-likeness (QED) is 0.655. The number of carbonyl (C=O) groups excluding carboxylic acids is 3. The molecule has 1 N–H and O–H groups in total. The number of esters is 1. The van der Waals surface area contributed by atoms with Crippen LogP contribution in [0.2, 0.25) is 0 Å². The number of nitrogens with one attached hydrogen (secondary N) is 1. The standard InChI is InChI=1S/C13H24N2O4/c1-10(2)9-12(17)15(7-5-13(18)19-4)8-6-14-11(3)16/h10H,5-9H2,1-4H3,(H,14,16). The van der Waals surface area contributed by atoms with E-state index in [0.29, 0.717) is 26.1 Å². The highest BCUT2D eigenvalue weighted by Gasteiger charge is 2.16. The summed E-state index contributed by atoms with van der Waals surface area (Å²) in [6, 6.07) is 0. The topological polar surface area (TPSA) is 75.7 Å². The summed E-state index contributed by atoms with van der Waals surface area (Å²) in [4.78, 5) is 35.5. The maximum Gasteiger partial charge on any atom is 0.307 e. The fourth-order valence-corrected chi connectivity index (χ4v) is 1.53. The van der Waals surface area contributed by atoms with Crippen molar-refractivity contribution in [3.05, 3.63) is 0 Å². The summed E-state index contributed by atoms with van der Waals surface area (Å²) in [5, 5.41) is 2.64. The molecule has 0 saturated heterocycles. The lowest BCUT2D eigenvalue weighted by Gasteiger charge is -2.23. The van der Waals surface area contributed by atoms with Gasteiger partial charge >= 0.3 is 5.97 Å². The predicted molar refractivity (Wildman–Crippen MR) is 71.4 cm³/mol. The van der Waals surface area contributed by atoms with Gasteiger partial charge in [-0.1, -0.05) is 13.8 Å². The zero-order chi connectivity index (χ0) is 14.8. The molecule has 19 heavy (non-hydrogen) atoms. The van der Waals surface area contributed by atoms with Crippen LogP contribution in [0, 0.1) is 5.92 Å². The highest BCUT2D eigenvalue weighted by Crippen LogP contribution is 2.05. The highest BCUT2D eigenvalue weighted by molar-refractivity contribution is 5.77. The second-order valence-electron chi connectivity index (χ2n) is 4.79. The third-order valence-corrected chi connectivity index (χ3v) is 2.50. The molecule has 0 bridgehead atoms. The molecule has 0 aliphatic heterocycles. The Morgan fingerprint density at radius 2 is 1.84 bits per heavy atom. The molecule has 6 heteroatoms. The van der Waals surface area contributed by atoms with Crippen LogP contribution in [-0.2, 0) is 19.1 Å². The summed E-state index contributed by atoms with van der Waals surface area (Å²) in [6.07, 6.45) is 0.599. The normalized spacial score (nSPS) is 10.2. The third kappa shape index (κ3) is 9.04. The molecule has 0 fully saturated rings. The molecule has 0 spiro atoms. The molecule has 2 amide bonds. The smallest absolute Gasteiger partial charge is 0.307 e. The van der Waals surface area contributed by atoms with Crippen molar-refractivity contribution in [2.24, 2.45) is 5.92 Å². The lowest BCUT2D eigenvalue weighted by Crippen LogP contribution is -2.39. The molecule has 0 unspecified atom stereocenters. The van der Waals surface area contributed by atoms with Gasteiger partial charge in [0.1, 0.15) is 0 Å². The highest BCUT2D eigenvalue weighted by atomic mass is 16.5. The summed E-state index contributed by atoms with van der Waals surface area (Å²) >= 11 is 0. The number of rotatable bonds is 8. The summed E-state index contributed by atoms with van der Waals surface area (Å²) < 4.78 is 4.56. The van der Waals surface area contributed by atoms with Crippen molar-refractivity contribution < 1.29 is 19.1 Å². The summed E-state index contributed by atoms with van der Waals surface area (Å²) in [5.74, 6) is -0.232. The second-order valence-corrected chi connectivity index (χ2v) is 4.79. The molecular formula is C13H24N2O4. The van der Waals surface area contributed by atoms with Crippen LogP contribution in [0.5, 0.6) is 0 Å². The van der Waals surface area contributed by atoms with Gasteiger partial charge in [0.2, 0.25) is 11.8 Å². The monoisotopic (exact) mass is 272 g/mol. The Bertz CT molecular complexity index is 316. The summed E-state index contributed by atoms with van der Waals surface area (Å²) in [6.45, 7) is 6.46. The first-order valence-electron chi connectivity index (χ1n) is 6.45. The largest absolute Gasteiger partial charge is 0.469 e. The van der Waals surface area contributed by atoms with E-state index < -0.39 is 0 Å². The first-order chi connectivity index (χ1) is 8.86. The second kappa shape index (κ2) is 9.35. The number of hydrogen-bond donors (Lipinski definition) is 1. The molecule has 0 aromatic carbocycles. The van der Waals surface area contributed by atoms with Crippen molar-refractivity contribution in [1.29, 1.82) is 0 Å². The maximum absolute atomic E-state index is 12.0. The van der Waals surface area contributed by atoms with Crippen LogP contribution < -0.4 is 5.32 Å². The van der Waals surface area contributed by atoms with Crippen molar-refractivity contribution in [2.45, 2.75) is 33.6 Å². The van der Waals surface area contributed by atoms with E-state index in [1.807, 2.05) is 13.8 Å². The summed E-state index contributed by atoms with van der Waals surface area (Å²) in [7, 11) is 1.32. The Morgan fingerprint density at radius 3 is 2.32 bits per heavy atom. The van der Waals surface area contributed by atoms with Crippen LogP contribution in [0.1, 0.15) is 33.6 Å². The predicted octanol–water partition coefficient (Wildman–Crippen LogP) is 0.560. The number of hydrogen-bond acceptors (Lipinski definition) is 4. The Morgan fingerprint density at radius 1 is 1.21 bits per heavy atom. The van der Waals surface area contributed by atoms with E-state index in [9.17, 15) is 14.4 Å². The van der Waals surface area contributed by atoms with Gasteiger partial charge in [-0.15, -0.1) is 0 Å². The molecule has 0 aromatic heterocycles. The van der Waals surface area contributed by atoms with E-state index in [4.69, 9.17) is 0 Å². The number of amides is 2. The maximum atomic E-state index is 12.0. The number of ether oxygens (including phenoxy) is 1. The number of carbonyl (C=O) groups is 3. The minimum atomic E-state index is -0.345. The third-order valence-electron chi connectivity index (χ3n) is 2.50. The fraction of sp³-hybridized carbons (Fsp3) is 0.769. The first kappa shape index (κ1) is 17.4. The van der Waals surface area contributed by atoms with Gasteiger partial charge in [0.25, 0.3) is 0 Å². The molecule has 110 valence electrons. The number of methoxy groups -OCH3 is 1. The van der Waals surface area contributed by atoms with Crippen molar-refractivity contribution in [3.8, 4) is 0 Å². The molecule has 0 rings (SSSR count). The van der Waals surface area contributed by atoms with Crippen LogP contribution in [0.25, 0.3) is 0 Å². The summed E-state index contributed by atoms with van der Waals surface area (Å²) in [5.41, 5.74) is 0. The van der Waals surface area contributed by atoms with E-state index in [2.05, 4.69) is 10.1 Å². The SMILES string of the molecule is COC(=O)CCN(CCNC(C)=O)C(=O)CC(C)C. The van der Waals surface area contributed by atoms with Gasteiger partial charge in [0.05, 0.1) is 13.5 Å². The van der Waals surface area contributed by atoms with Crippen LogP contribution in [0.4, 0.5) is 0 Å². The van der Waals surface area contributed by atoms with Gasteiger partial charge in [0, 0.05) is 33.0 Å². The molecule has 0 radical (unpaired) electrons. The van der Waals surface area contributed by atoms with Gasteiger partial charge in [-0.25, -0.2) is 0 Å². The molecule has 0 aliphatic carbocycles. The Hall–Kier alpha value is -1.59. The van der Waals surface area contributed by atoms with Crippen LogP contribution in [-0.4, -0.2) is 49.4 Å². The lowest BCUT2D eigenvalue weighted by atomic mass is 10.1. The molecule has 0 atom stereocenters. The molecule has 6 nitrogen and oxygen atoms in total. The molecule has 0 saturated carbocycles. The van der Waals surface area contributed by atoms with Gasteiger partial charge < -0.3 is 15.0 Å². The van der Waals surface area contributed by atoms with E-state index in [-0.39, 0.29) is 30.1 Å². The lowest BCUT2D eigenvalue weighted by molar-refractivity contribution is -0.142. The van der Waals surface area contributed by atoms with Gasteiger partial charge in [-0.05, 0) is 5.92 Å². The van der Waals surface area contributed by atoms with Gasteiger partial charge in [0.15, 0.2) is 0 Å². The number of nitrogens with zero attached hydrogens (tertiary/aromatic N) is 1. The van der Waals surface area contributed by atoms with Crippen molar-refractivity contribution >= 4 is 17.8 Å². The van der Waals surface area contributed by atoms with Crippen LogP contribution in [0.3, 0.4) is 0 Å². The van der Waals surface area contributed by atoms with Crippen molar-refractivity contribution in [1.82, 2.24) is 10.2 Å². The van der Waals surface area contributed by atoms with E-state index in [0.717, 1.165) is 0 Å². The molecule has 0 aromatic rings. The minimum Gasteiger partial charge on any atom is -0.469 e.